The van der Waals surface area contributed by atoms with Crippen LogP contribution in [0.3, 0.4) is 0 Å². The molecule has 0 saturated carbocycles. The lowest BCUT2D eigenvalue weighted by molar-refractivity contribution is 0.355. The fourth-order valence-electron chi connectivity index (χ4n) is 2.05. The largest absolute Gasteiger partial charge is 0.493 e. The summed E-state index contributed by atoms with van der Waals surface area (Å²) < 4.78 is 11.4. The standard InChI is InChI=1S/C15H18BrN3O2/c1-4-5-9-6-14(17)19-15(18-9)10-7-12(20-2)13(21-3)8-11(10)16/h6-8H,4-5H2,1-3H3,(H2,17,18,19). The molecule has 0 aliphatic rings. The lowest BCUT2D eigenvalue weighted by Gasteiger charge is -2.12. The minimum atomic E-state index is 0.463. The van der Waals surface area contributed by atoms with Gasteiger partial charge in [0.2, 0.25) is 0 Å². The van der Waals surface area contributed by atoms with Crippen LogP contribution in [0.25, 0.3) is 11.4 Å². The highest BCUT2D eigenvalue weighted by molar-refractivity contribution is 9.10. The quantitative estimate of drug-likeness (QED) is 0.892. The van der Waals surface area contributed by atoms with Gasteiger partial charge in [0.05, 0.1) is 14.2 Å². The second-order valence-electron chi connectivity index (χ2n) is 4.54. The number of rotatable bonds is 5. The Morgan fingerprint density at radius 2 is 1.76 bits per heavy atom. The van der Waals surface area contributed by atoms with Crippen LogP contribution in [0.5, 0.6) is 11.5 Å². The first-order chi connectivity index (χ1) is 10.1. The molecule has 0 aliphatic carbocycles. The molecule has 0 aliphatic heterocycles. The molecule has 0 spiro atoms. The van der Waals surface area contributed by atoms with E-state index < -0.39 is 0 Å². The smallest absolute Gasteiger partial charge is 0.163 e. The van der Waals surface area contributed by atoms with E-state index >= 15 is 0 Å². The molecule has 112 valence electrons. The molecule has 2 N–H and O–H groups in total. The Kier molecular flexibility index (Phi) is 5.01. The van der Waals surface area contributed by atoms with E-state index in [2.05, 4.69) is 32.8 Å². The summed E-state index contributed by atoms with van der Waals surface area (Å²) in [6.45, 7) is 2.10. The Hall–Kier alpha value is -1.82. The highest BCUT2D eigenvalue weighted by Crippen LogP contribution is 2.37. The maximum atomic E-state index is 5.88. The van der Waals surface area contributed by atoms with Crippen LogP contribution in [0.1, 0.15) is 19.0 Å². The Labute approximate surface area is 132 Å². The van der Waals surface area contributed by atoms with Gasteiger partial charge in [-0.05, 0) is 34.5 Å². The molecule has 1 aromatic carbocycles. The van der Waals surface area contributed by atoms with Crippen molar-refractivity contribution < 1.29 is 9.47 Å². The first-order valence-electron chi connectivity index (χ1n) is 6.64. The van der Waals surface area contributed by atoms with Crippen LogP contribution in [-0.2, 0) is 6.42 Å². The molecule has 0 radical (unpaired) electrons. The molecule has 0 unspecified atom stereocenters. The summed E-state index contributed by atoms with van der Waals surface area (Å²) in [5.41, 5.74) is 7.63. The van der Waals surface area contributed by atoms with Gasteiger partial charge >= 0.3 is 0 Å². The van der Waals surface area contributed by atoms with Crippen LogP contribution >= 0.6 is 15.9 Å². The lowest BCUT2D eigenvalue weighted by Crippen LogP contribution is -2.01. The monoisotopic (exact) mass is 351 g/mol. The third-order valence-electron chi connectivity index (χ3n) is 3.02. The van der Waals surface area contributed by atoms with Crippen molar-refractivity contribution in [2.24, 2.45) is 0 Å². The summed E-state index contributed by atoms with van der Waals surface area (Å²) in [6, 6.07) is 5.48. The van der Waals surface area contributed by atoms with Crippen molar-refractivity contribution in [3.05, 3.63) is 28.4 Å². The maximum absolute atomic E-state index is 5.88. The maximum Gasteiger partial charge on any atom is 0.163 e. The van der Waals surface area contributed by atoms with Crippen molar-refractivity contribution >= 4 is 21.7 Å². The van der Waals surface area contributed by atoms with E-state index in [1.807, 2.05) is 18.2 Å². The molecule has 2 aromatic rings. The molecule has 1 heterocycles. The minimum absolute atomic E-state index is 0.463. The first-order valence-corrected chi connectivity index (χ1v) is 7.43. The Morgan fingerprint density at radius 3 is 2.38 bits per heavy atom. The van der Waals surface area contributed by atoms with Crippen molar-refractivity contribution in [3.8, 4) is 22.9 Å². The lowest BCUT2D eigenvalue weighted by atomic mass is 10.1. The molecule has 6 heteroatoms. The third kappa shape index (κ3) is 3.44. The number of hydrogen-bond donors (Lipinski definition) is 1. The predicted octanol–water partition coefficient (Wildman–Crippen LogP) is 3.46. The first kappa shape index (κ1) is 15.6. The molecule has 0 atom stereocenters. The van der Waals surface area contributed by atoms with Gasteiger partial charge in [-0.3, -0.25) is 0 Å². The average molecular weight is 352 g/mol. The number of nitrogen functional groups attached to an aromatic ring is 1. The fourth-order valence-corrected chi connectivity index (χ4v) is 2.55. The summed E-state index contributed by atoms with van der Waals surface area (Å²) in [7, 11) is 3.19. The molecule has 1 aromatic heterocycles. The van der Waals surface area contributed by atoms with Crippen LogP contribution in [0.15, 0.2) is 22.7 Å². The number of aromatic nitrogens is 2. The van der Waals surface area contributed by atoms with Gasteiger partial charge in [-0.1, -0.05) is 13.3 Å². The summed E-state index contributed by atoms with van der Waals surface area (Å²) in [6.07, 6.45) is 1.87. The Balaban J connectivity index is 2.55. The number of benzene rings is 1. The van der Waals surface area contributed by atoms with Crippen molar-refractivity contribution in [1.29, 1.82) is 0 Å². The SMILES string of the molecule is CCCc1cc(N)nc(-c2cc(OC)c(OC)cc2Br)n1. The van der Waals surface area contributed by atoms with Crippen molar-refractivity contribution in [2.45, 2.75) is 19.8 Å². The number of halogens is 1. The fraction of sp³-hybridized carbons (Fsp3) is 0.333. The molecule has 0 fully saturated rings. The molecule has 5 nitrogen and oxygen atoms in total. The zero-order valence-corrected chi connectivity index (χ0v) is 13.9. The van der Waals surface area contributed by atoms with Crippen molar-refractivity contribution in [2.75, 3.05) is 20.0 Å². The van der Waals surface area contributed by atoms with Gasteiger partial charge in [0.25, 0.3) is 0 Å². The van der Waals surface area contributed by atoms with Crippen LogP contribution in [0.2, 0.25) is 0 Å². The predicted molar refractivity (Wildman–Crippen MR) is 86.7 cm³/mol. The van der Waals surface area contributed by atoms with E-state index in [9.17, 15) is 0 Å². The molecule has 21 heavy (non-hydrogen) atoms. The van der Waals surface area contributed by atoms with Gasteiger partial charge in [-0.25, -0.2) is 9.97 Å². The zero-order valence-electron chi connectivity index (χ0n) is 12.3. The van der Waals surface area contributed by atoms with Crippen LogP contribution < -0.4 is 15.2 Å². The van der Waals surface area contributed by atoms with E-state index in [1.165, 1.54) is 0 Å². The van der Waals surface area contributed by atoms with Gasteiger partial charge in [0, 0.05) is 21.8 Å². The van der Waals surface area contributed by atoms with Gasteiger partial charge < -0.3 is 15.2 Å². The van der Waals surface area contributed by atoms with E-state index in [-0.39, 0.29) is 0 Å². The van der Waals surface area contributed by atoms with Gasteiger partial charge in [0.1, 0.15) is 5.82 Å². The summed E-state index contributed by atoms with van der Waals surface area (Å²) in [5.74, 6) is 2.31. The number of hydrogen-bond acceptors (Lipinski definition) is 5. The van der Waals surface area contributed by atoms with Gasteiger partial charge in [-0.15, -0.1) is 0 Å². The number of anilines is 1. The highest BCUT2D eigenvalue weighted by atomic mass is 79.9. The molecule has 2 rings (SSSR count). The van der Waals surface area contributed by atoms with E-state index in [0.29, 0.717) is 23.1 Å². The topological polar surface area (TPSA) is 70.3 Å². The highest BCUT2D eigenvalue weighted by Gasteiger charge is 2.14. The summed E-state index contributed by atoms with van der Waals surface area (Å²) in [4.78, 5) is 8.89. The summed E-state index contributed by atoms with van der Waals surface area (Å²) in [5, 5.41) is 0. The molecule has 0 saturated heterocycles. The van der Waals surface area contributed by atoms with Crippen molar-refractivity contribution in [1.82, 2.24) is 9.97 Å². The average Bonchev–Trinajstić information content (AvgIpc) is 2.46. The summed E-state index contributed by atoms with van der Waals surface area (Å²) >= 11 is 3.52. The number of nitrogens with zero attached hydrogens (tertiary/aromatic N) is 2. The van der Waals surface area contributed by atoms with Crippen LogP contribution in [0.4, 0.5) is 5.82 Å². The number of nitrogens with two attached hydrogens (primary N) is 1. The second kappa shape index (κ2) is 6.76. The van der Waals surface area contributed by atoms with Gasteiger partial charge in [-0.2, -0.15) is 0 Å². The minimum Gasteiger partial charge on any atom is -0.493 e. The third-order valence-corrected chi connectivity index (χ3v) is 3.68. The van der Waals surface area contributed by atoms with E-state index in [1.54, 1.807) is 14.2 Å². The van der Waals surface area contributed by atoms with Crippen LogP contribution in [0, 0.1) is 0 Å². The Morgan fingerprint density at radius 1 is 1.10 bits per heavy atom. The van der Waals surface area contributed by atoms with Gasteiger partial charge in [0.15, 0.2) is 17.3 Å². The number of aryl methyl sites for hydroxylation is 1. The molecule has 0 amide bonds. The van der Waals surface area contributed by atoms with Crippen molar-refractivity contribution in [3.63, 3.8) is 0 Å². The van der Waals surface area contributed by atoms with Crippen LogP contribution in [-0.4, -0.2) is 24.2 Å². The second-order valence-corrected chi connectivity index (χ2v) is 5.40. The zero-order chi connectivity index (χ0) is 15.4. The van der Waals surface area contributed by atoms with E-state index in [4.69, 9.17) is 15.2 Å². The Bertz CT molecular complexity index is 647. The molecular weight excluding hydrogens is 334 g/mol. The van der Waals surface area contributed by atoms with E-state index in [0.717, 1.165) is 28.6 Å². The molecule has 0 bridgehead atoms. The molecular formula is C15H18BrN3O2. The normalized spacial score (nSPS) is 10.5. The number of ether oxygens (including phenoxy) is 2. The number of methoxy groups -OCH3 is 2.